The molecule has 0 spiro atoms. The van der Waals surface area contributed by atoms with E-state index in [0.717, 1.165) is 0 Å². The molecule has 16 heavy (non-hydrogen) atoms. The maximum atomic E-state index is 5.75. The zero-order valence-electron chi connectivity index (χ0n) is 10.5. The van der Waals surface area contributed by atoms with Crippen LogP contribution in [0.15, 0.2) is 12.7 Å². The molecule has 1 fully saturated rings. The fraction of sp³-hybridized carbons (Fsp3) is 0.833. The minimum Gasteiger partial charge on any atom is -0.376 e. The van der Waals surface area contributed by atoms with Crippen molar-refractivity contribution in [3.63, 3.8) is 0 Å². The van der Waals surface area contributed by atoms with Crippen LogP contribution in [0.5, 0.6) is 0 Å². The Labute approximate surface area is 97.5 Å². The molecule has 94 valence electrons. The molecule has 1 aliphatic heterocycles. The molecule has 4 nitrogen and oxygen atoms in total. The lowest BCUT2D eigenvalue weighted by Crippen LogP contribution is -2.58. The van der Waals surface area contributed by atoms with Crippen molar-refractivity contribution in [2.75, 3.05) is 20.8 Å². The van der Waals surface area contributed by atoms with Gasteiger partial charge in [0.2, 0.25) is 0 Å². The third-order valence-electron chi connectivity index (χ3n) is 2.95. The number of hydrogen-bond acceptors (Lipinski definition) is 4. The summed E-state index contributed by atoms with van der Waals surface area (Å²) >= 11 is 0. The lowest BCUT2D eigenvalue weighted by molar-refractivity contribution is -0.237. The molecular formula is C12H22O4. The Kier molecular flexibility index (Phi) is 5.41. The van der Waals surface area contributed by atoms with Crippen LogP contribution >= 0.6 is 0 Å². The Balaban J connectivity index is 2.76. The van der Waals surface area contributed by atoms with Gasteiger partial charge in [0.05, 0.1) is 18.8 Å². The van der Waals surface area contributed by atoms with Crippen LogP contribution in [0.2, 0.25) is 0 Å². The highest BCUT2D eigenvalue weighted by Crippen LogP contribution is 2.26. The van der Waals surface area contributed by atoms with E-state index in [1.807, 2.05) is 13.8 Å². The first-order valence-corrected chi connectivity index (χ1v) is 5.59. The van der Waals surface area contributed by atoms with Gasteiger partial charge in [-0.15, -0.1) is 6.58 Å². The van der Waals surface area contributed by atoms with Gasteiger partial charge in [-0.2, -0.15) is 0 Å². The summed E-state index contributed by atoms with van der Waals surface area (Å²) in [6, 6.07) is 0. The van der Waals surface area contributed by atoms with Gasteiger partial charge >= 0.3 is 0 Å². The summed E-state index contributed by atoms with van der Waals surface area (Å²) in [6.45, 7) is 8.11. The van der Waals surface area contributed by atoms with Crippen LogP contribution in [-0.4, -0.2) is 51.3 Å². The quantitative estimate of drug-likeness (QED) is 0.669. The number of hydrogen-bond donors (Lipinski definition) is 0. The molecule has 0 aromatic carbocycles. The Morgan fingerprint density at radius 1 is 1.06 bits per heavy atom. The van der Waals surface area contributed by atoms with Crippen molar-refractivity contribution < 1.29 is 18.9 Å². The molecule has 1 heterocycles. The second kappa shape index (κ2) is 6.35. The Hall–Kier alpha value is -0.420. The molecule has 4 atom stereocenters. The Bertz CT molecular complexity index is 203. The van der Waals surface area contributed by atoms with Crippen LogP contribution in [0.1, 0.15) is 13.8 Å². The lowest BCUT2D eigenvalue weighted by Gasteiger charge is -2.43. The first kappa shape index (κ1) is 13.6. The van der Waals surface area contributed by atoms with Crippen LogP contribution in [0.25, 0.3) is 0 Å². The van der Waals surface area contributed by atoms with E-state index >= 15 is 0 Å². The molecule has 0 N–H and O–H groups in total. The minimum absolute atomic E-state index is 0.00113. The fourth-order valence-electron chi connectivity index (χ4n) is 2.23. The molecule has 1 saturated heterocycles. The summed E-state index contributed by atoms with van der Waals surface area (Å²) in [5.41, 5.74) is 0. The normalized spacial score (nSPS) is 39.6. The average Bonchev–Trinajstić information content (AvgIpc) is 2.26. The largest absolute Gasteiger partial charge is 0.376 e. The van der Waals surface area contributed by atoms with E-state index in [0.29, 0.717) is 6.61 Å². The van der Waals surface area contributed by atoms with E-state index < -0.39 is 0 Å². The topological polar surface area (TPSA) is 36.9 Å². The van der Waals surface area contributed by atoms with Crippen molar-refractivity contribution in [2.45, 2.75) is 44.4 Å². The number of ether oxygens (including phenoxy) is 4. The van der Waals surface area contributed by atoms with Crippen LogP contribution < -0.4 is 0 Å². The van der Waals surface area contributed by atoms with Crippen molar-refractivity contribution in [3.05, 3.63) is 12.7 Å². The second-order valence-electron chi connectivity index (χ2n) is 4.03. The molecule has 1 aliphatic rings. The van der Waals surface area contributed by atoms with Crippen molar-refractivity contribution >= 4 is 0 Å². The van der Waals surface area contributed by atoms with E-state index in [-0.39, 0.29) is 30.5 Å². The third kappa shape index (κ3) is 2.83. The van der Waals surface area contributed by atoms with Crippen LogP contribution in [-0.2, 0) is 18.9 Å². The molecule has 0 aliphatic carbocycles. The number of rotatable bonds is 5. The molecule has 4 heteroatoms. The fourth-order valence-corrected chi connectivity index (χ4v) is 2.23. The van der Waals surface area contributed by atoms with Gasteiger partial charge in [0.25, 0.3) is 0 Å². The van der Waals surface area contributed by atoms with Crippen LogP contribution in [0, 0.1) is 0 Å². The van der Waals surface area contributed by atoms with Crippen LogP contribution in [0.4, 0.5) is 0 Å². The summed E-state index contributed by atoms with van der Waals surface area (Å²) < 4.78 is 22.3. The van der Waals surface area contributed by atoms with Crippen molar-refractivity contribution in [1.29, 1.82) is 0 Å². The van der Waals surface area contributed by atoms with E-state index in [4.69, 9.17) is 18.9 Å². The molecule has 0 amide bonds. The first-order valence-electron chi connectivity index (χ1n) is 5.59. The highest BCUT2D eigenvalue weighted by Gasteiger charge is 2.43. The monoisotopic (exact) mass is 230 g/mol. The van der Waals surface area contributed by atoms with Gasteiger partial charge in [-0.25, -0.2) is 0 Å². The predicted molar refractivity (Wildman–Crippen MR) is 61.5 cm³/mol. The van der Waals surface area contributed by atoms with Crippen LogP contribution in [0.3, 0.4) is 0 Å². The maximum Gasteiger partial charge on any atom is 0.115 e. The average molecular weight is 230 g/mol. The summed E-state index contributed by atoms with van der Waals surface area (Å²) in [5.74, 6) is 0. The van der Waals surface area contributed by atoms with E-state index in [9.17, 15) is 0 Å². The van der Waals surface area contributed by atoms with Gasteiger partial charge in [-0.05, 0) is 13.8 Å². The SMILES string of the molecule is C=CCOC1[C@@H](OC)[C@H](C)O[C@@H](C)[C@@H]1OC. The molecule has 0 unspecified atom stereocenters. The second-order valence-corrected chi connectivity index (χ2v) is 4.03. The van der Waals surface area contributed by atoms with Gasteiger partial charge in [-0.1, -0.05) is 6.08 Å². The molecule has 1 rings (SSSR count). The van der Waals surface area contributed by atoms with E-state index in [2.05, 4.69) is 6.58 Å². The van der Waals surface area contributed by atoms with E-state index in [1.165, 1.54) is 0 Å². The molecule has 0 bridgehead atoms. The Morgan fingerprint density at radius 2 is 1.56 bits per heavy atom. The smallest absolute Gasteiger partial charge is 0.115 e. The molecule has 0 saturated carbocycles. The Morgan fingerprint density at radius 3 is 1.94 bits per heavy atom. The van der Waals surface area contributed by atoms with Gasteiger partial charge in [-0.3, -0.25) is 0 Å². The summed E-state index contributed by atoms with van der Waals surface area (Å²) in [5, 5.41) is 0. The summed E-state index contributed by atoms with van der Waals surface area (Å²) in [7, 11) is 3.33. The zero-order chi connectivity index (χ0) is 12.1. The van der Waals surface area contributed by atoms with Gasteiger partial charge in [0.1, 0.15) is 18.3 Å². The summed E-state index contributed by atoms with van der Waals surface area (Å²) in [4.78, 5) is 0. The maximum absolute atomic E-state index is 5.75. The highest BCUT2D eigenvalue weighted by atomic mass is 16.6. The van der Waals surface area contributed by atoms with Gasteiger partial charge < -0.3 is 18.9 Å². The molecular weight excluding hydrogens is 208 g/mol. The molecule has 0 radical (unpaired) electrons. The minimum atomic E-state index is -0.119. The highest BCUT2D eigenvalue weighted by molar-refractivity contribution is 4.92. The number of methoxy groups -OCH3 is 2. The predicted octanol–water partition coefficient (Wildman–Crippen LogP) is 1.39. The van der Waals surface area contributed by atoms with Crippen molar-refractivity contribution in [3.8, 4) is 0 Å². The summed E-state index contributed by atoms with van der Waals surface area (Å²) in [6.07, 6.45) is 1.39. The van der Waals surface area contributed by atoms with E-state index in [1.54, 1.807) is 20.3 Å². The van der Waals surface area contributed by atoms with Gasteiger partial charge in [0.15, 0.2) is 0 Å². The lowest BCUT2D eigenvalue weighted by atomic mass is 9.96. The third-order valence-corrected chi connectivity index (χ3v) is 2.95. The van der Waals surface area contributed by atoms with Crippen molar-refractivity contribution in [2.24, 2.45) is 0 Å². The molecule has 0 aromatic rings. The van der Waals surface area contributed by atoms with Crippen molar-refractivity contribution in [1.82, 2.24) is 0 Å². The standard InChI is InChI=1S/C12H22O4/c1-6-7-15-12-10(13-4)8(2)16-9(3)11(12)14-5/h6,8-12H,1,7H2,2-5H3/t8-,9-,10-,11-/m0/s1. The zero-order valence-corrected chi connectivity index (χ0v) is 10.5. The van der Waals surface area contributed by atoms with Gasteiger partial charge in [0, 0.05) is 14.2 Å². The molecule has 0 aromatic heterocycles. The first-order chi connectivity index (χ1) is 7.65.